The van der Waals surface area contributed by atoms with Gasteiger partial charge in [0.2, 0.25) is 5.91 Å². The van der Waals surface area contributed by atoms with Gasteiger partial charge in [0, 0.05) is 44.0 Å². The molecule has 8 heteroatoms. The molecule has 0 N–H and O–H groups in total. The number of halogens is 1. The van der Waals surface area contributed by atoms with Crippen LogP contribution in [0.15, 0.2) is 36.4 Å². The molecule has 2 aliphatic rings. The lowest BCUT2D eigenvalue weighted by Gasteiger charge is -2.35. The zero-order valence-corrected chi connectivity index (χ0v) is 19.2. The summed E-state index contributed by atoms with van der Waals surface area (Å²) in [5.41, 5.74) is 2.71. The van der Waals surface area contributed by atoms with Gasteiger partial charge in [0.1, 0.15) is 0 Å². The highest BCUT2D eigenvalue weighted by molar-refractivity contribution is 6.32. The quantitative estimate of drug-likeness (QED) is 0.667. The number of anilines is 1. The maximum absolute atomic E-state index is 13.0. The molecule has 0 atom stereocenters. The summed E-state index contributed by atoms with van der Waals surface area (Å²) < 4.78 is 10.9. The Morgan fingerprint density at radius 2 is 1.81 bits per heavy atom. The van der Waals surface area contributed by atoms with Crippen molar-refractivity contribution in [1.82, 2.24) is 9.80 Å². The third-order valence-corrected chi connectivity index (χ3v) is 6.25. The first-order chi connectivity index (χ1) is 15.5. The van der Waals surface area contributed by atoms with E-state index >= 15 is 0 Å². The van der Waals surface area contributed by atoms with Crippen LogP contribution in [0.2, 0.25) is 5.02 Å². The molecule has 2 heterocycles. The second-order valence-electron chi connectivity index (χ2n) is 7.91. The molecule has 2 aromatic carbocycles. The second kappa shape index (κ2) is 9.79. The monoisotopic (exact) mass is 457 g/mol. The molecule has 1 fully saturated rings. The van der Waals surface area contributed by atoms with Gasteiger partial charge >= 0.3 is 0 Å². The third kappa shape index (κ3) is 4.54. The molecule has 0 aliphatic carbocycles. The number of hydrogen-bond acceptors (Lipinski definition) is 5. The SMILES string of the molecule is CCOc1c(Cl)cc(C(=O)N2CCN(CC(=O)N3CCc4ccccc43)CC2)cc1OC. The van der Waals surface area contributed by atoms with Crippen molar-refractivity contribution in [3.63, 3.8) is 0 Å². The zero-order valence-electron chi connectivity index (χ0n) is 18.5. The largest absolute Gasteiger partial charge is 0.493 e. The summed E-state index contributed by atoms with van der Waals surface area (Å²) in [6.07, 6.45) is 0.901. The maximum atomic E-state index is 13.0. The van der Waals surface area contributed by atoms with Crippen LogP contribution in [-0.4, -0.2) is 74.6 Å². The molecule has 2 amide bonds. The van der Waals surface area contributed by atoms with E-state index in [4.69, 9.17) is 21.1 Å². The summed E-state index contributed by atoms with van der Waals surface area (Å²) in [5, 5.41) is 0.352. The van der Waals surface area contributed by atoms with E-state index < -0.39 is 0 Å². The molecular weight excluding hydrogens is 430 g/mol. The number of para-hydroxylation sites is 1. The van der Waals surface area contributed by atoms with Gasteiger partial charge < -0.3 is 19.3 Å². The van der Waals surface area contributed by atoms with Crippen molar-refractivity contribution >= 4 is 29.1 Å². The number of rotatable bonds is 6. The first-order valence-electron chi connectivity index (χ1n) is 10.9. The van der Waals surface area contributed by atoms with Gasteiger partial charge in [-0.3, -0.25) is 14.5 Å². The average Bonchev–Trinajstić information content (AvgIpc) is 3.24. The van der Waals surface area contributed by atoms with Gasteiger partial charge in [0.25, 0.3) is 5.91 Å². The predicted molar refractivity (Wildman–Crippen MR) is 124 cm³/mol. The highest BCUT2D eigenvalue weighted by Gasteiger charge is 2.28. The van der Waals surface area contributed by atoms with Crippen LogP contribution >= 0.6 is 11.6 Å². The van der Waals surface area contributed by atoms with Crippen molar-refractivity contribution in [3.8, 4) is 11.5 Å². The van der Waals surface area contributed by atoms with Crippen LogP contribution in [-0.2, 0) is 11.2 Å². The summed E-state index contributed by atoms with van der Waals surface area (Å²) in [7, 11) is 1.52. The highest BCUT2D eigenvalue weighted by Crippen LogP contribution is 2.36. The van der Waals surface area contributed by atoms with Crippen molar-refractivity contribution < 1.29 is 19.1 Å². The van der Waals surface area contributed by atoms with Gasteiger partial charge in [-0.1, -0.05) is 29.8 Å². The Kier molecular flexibility index (Phi) is 6.86. The molecule has 7 nitrogen and oxygen atoms in total. The van der Waals surface area contributed by atoms with Crippen LogP contribution in [0.5, 0.6) is 11.5 Å². The van der Waals surface area contributed by atoms with E-state index in [-0.39, 0.29) is 11.8 Å². The van der Waals surface area contributed by atoms with Gasteiger partial charge in [-0.15, -0.1) is 0 Å². The molecule has 0 aromatic heterocycles. The number of piperazine rings is 1. The van der Waals surface area contributed by atoms with Crippen molar-refractivity contribution in [1.29, 1.82) is 0 Å². The molecule has 0 unspecified atom stereocenters. The number of methoxy groups -OCH3 is 1. The minimum absolute atomic E-state index is 0.104. The summed E-state index contributed by atoms with van der Waals surface area (Å²) >= 11 is 6.33. The van der Waals surface area contributed by atoms with Crippen molar-refractivity contribution in [3.05, 3.63) is 52.5 Å². The van der Waals surface area contributed by atoms with Gasteiger partial charge in [0.05, 0.1) is 25.3 Å². The molecule has 0 saturated carbocycles. The standard InChI is InChI=1S/C24H28ClN3O4/c1-3-32-23-19(25)14-18(15-21(23)31-2)24(30)27-12-10-26(11-13-27)16-22(29)28-9-8-17-6-4-5-7-20(17)28/h4-7,14-15H,3,8-13,16H2,1-2H3. The van der Waals surface area contributed by atoms with Crippen LogP contribution < -0.4 is 14.4 Å². The summed E-state index contributed by atoms with van der Waals surface area (Å²) in [6, 6.07) is 11.4. The Bertz CT molecular complexity index is 1000. The zero-order chi connectivity index (χ0) is 22.7. The number of carbonyl (C=O) groups excluding carboxylic acids is 2. The molecular formula is C24H28ClN3O4. The van der Waals surface area contributed by atoms with Crippen LogP contribution in [0.1, 0.15) is 22.8 Å². The van der Waals surface area contributed by atoms with E-state index in [2.05, 4.69) is 11.0 Å². The van der Waals surface area contributed by atoms with Crippen molar-refractivity contribution in [2.75, 3.05) is 57.9 Å². The number of hydrogen-bond donors (Lipinski definition) is 0. The topological polar surface area (TPSA) is 62.3 Å². The molecule has 1 saturated heterocycles. The van der Waals surface area contributed by atoms with E-state index in [1.54, 1.807) is 17.0 Å². The lowest BCUT2D eigenvalue weighted by atomic mass is 10.1. The van der Waals surface area contributed by atoms with E-state index in [1.807, 2.05) is 30.0 Å². The predicted octanol–water partition coefficient (Wildman–Crippen LogP) is 3.09. The Morgan fingerprint density at radius 3 is 2.53 bits per heavy atom. The molecule has 0 radical (unpaired) electrons. The normalized spacial score (nSPS) is 16.1. The number of carbonyl (C=O) groups is 2. The van der Waals surface area contributed by atoms with E-state index in [0.717, 1.165) is 18.7 Å². The van der Waals surface area contributed by atoms with Gasteiger partial charge in [-0.05, 0) is 37.1 Å². The van der Waals surface area contributed by atoms with Crippen LogP contribution in [0, 0.1) is 0 Å². The Morgan fingerprint density at radius 1 is 1.06 bits per heavy atom. The lowest BCUT2D eigenvalue weighted by Crippen LogP contribution is -2.51. The Labute approximate surface area is 193 Å². The number of ether oxygens (including phenoxy) is 2. The molecule has 0 spiro atoms. The molecule has 170 valence electrons. The Balaban J connectivity index is 1.35. The first-order valence-corrected chi connectivity index (χ1v) is 11.3. The van der Waals surface area contributed by atoms with E-state index in [0.29, 0.717) is 61.4 Å². The lowest BCUT2D eigenvalue weighted by molar-refractivity contribution is -0.120. The fourth-order valence-corrected chi connectivity index (χ4v) is 4.56. The van der Waals surface area contributed by atoms with Gasteiger partial charge in [-0.2, -0.15) is 0 Å². The van der Waals surface area contributed by atoms with Crippen LogP contribution in [0.4, 0.5) is 5.69 Å². The van der Waals surface area contributed by atoms with Gasteiger partial charge in [-0.25, -0.2) is 0 Å². The van der Waals surface area contributed by atoms with Crippen LogP contribution in [0.3, 0.4) is 0 Å². The second-order valence-corrected chi connectivity index (χ2v) is 8.32. The molecule has 2 aromatic rings. The van der Waals surface area contributed by atoms with E-state index in [1.165, 1.54) is 12.7 Å². The highest BCUT2D eigenvalue weighted by atomic mass is 35.5. The first kappa shape index (κ1) is 22.4. The summed E-state index contributed by atoms with van der Waals surface area (Å²) in [4.78, 5) is 31.7. The van der Waals surface area contributed by atoms with Crippen LogP contribution in [0.25, 0.3) is 0 Å². The molecule has 32 heavy (non-hydrogen) atoms. The minimum Gasteiger partial charge on any atom is -0.493 e. The van der Waals surface area contributed by atoms with E-state index in [9.17, 15) is 9.59 Å². The minimum atomic E-state index is -0.104. The number of fused-ring (bicyclic) bond motifs is 1. The fraction of sp³-hybridized carbons (Fsp3) is 0.417. The van der Waals surface area contributed by atoms with Crippen molar-refractivity contribution in [2.24, 2.45) is 0 Å². The molecule has 4 rings (SSSR count). The third-order valence-electron chi connectivity index (χ3n) is 5.97. The van der Waals surface area contributed by atoms with Gasteiger partial charge in [0.15, 0.2) is 11.5 Å². The smallest absolute Gasteiger partial charge is 0.254 e. The molecule has 2 aliphatic heterocycles. The summed E-state index contributed by atoms with van der Waals surface area (Å²) in [5.74, 6) is 0.892. The number of nitrogens with zero attached hydrogens (tertiary/aromatic N) is 3. The Hall–Kier alpha value is -2.77. The average molecular weight is 458 g/mol. The number of benzene rings is 2. The summed E-state index contributed by atoms with van der Waals surface area (Å²) in [6.45, 7) is 5.81. The fourth-order valence-electron chi connectivity index (χ4n) is 4.29. The maximum Gasteiger partial charge on any atom is 0.254 e. The van der Waals surface area contributed by atoms with Crippen molar-refractivity contribution in [2.45, 2.75) is 13.3 Å². The number of amides is 2. The molecule has 0 bridgehead atoms.